The zero-order valence-electron chi connectivity index (χ0n) is 15.1. The molecule has 0 radical (unpaired) electrons. The molecular weight excluding hydrogens is 358 g/mol. The average Bonchev–Trinajstić information content (AvgIpc) is 3.13. The number of carbonyl (C=O) groups excluding carboxylic acids is 2. The van der Waals surface area contributed by atoms with E-state index in [0.29, 0.717) is 19.6 Å². The number of thiophene rings is 1. The highest BCUT2D eigenvalue weighted by molar-refractivity contribution is 7.09. The summed E-state index contributed by atoms with van der Waals surface area (Å²) < 4.78 is 0. The number of likely N-dealkylation sites (tertiary alicyclic amines) is 1. The lowest BCUT2D eigenvalue weighted by Gasteiger charge is -2.34. The predicted molar refractivity (Wildman–Crippen MR) is 105 cm³/mol. The van der Waals surface area contributed by atoms with Crippen molar-refractivity contribution in [2.24, 2.45) is 17.6 Å². The van der Waals surface area contributed by atoms with E-state index in [2.05, 4.69) is 11.4 Å². The Balaban J connectivity index is 0.00000312. The summed E-state index contributed by atoms with van der Waals surface area (Å²) in [5, 5.41) is 5.07. The maximum atomic E-state index is 12.4. The maximum absolute atomic E-state index is 12.4. The van der Waals surface area contributed by atoms with E-state index in [1.54, 1.807) is 11.3 Å². The van der Waals surface area contributed by atoms with E-state index in [1.807, 2.05) is 30.2 Å². The van der Waals surface area contributed by atoms with Gasteiger partial charge in [-0.05, 0) is 36.6 Å². The molecule has 5 nitrogen and oxygen atoms in total. The lowest BCUT2D eigenvalue weighted by atomic mass is 9.93. The van der Waals surface area contributed by atoms with E-state index < -0.39 is 6.04 Å². The molecule has 1 aromatic heterocycles. The number of nitrogens with zero attached hydrogens (tertiary/aromatic N) is 1. The SMILES string of the molecule is CCC(C)C(N)C(=O)N1CCC(C(=O)NCCc2cccs2)CC1.Cl. The van der Waals surface area contributed by atoms with Crippen LogP contribution in [0.1, 0.15) is 38.0 Å². The van der Waals surface area contributed by atoms with Crippen molar-refractivity contribution in [3.63, 3.8) is 0 Å². The molecule has 2 amide bonds. The number of hydrogen-bond donors (Lipinski definition) is 2. The smallest absolute Gasteiger partial charge is 0.239 e. The number of nitrogens with two attached hydrogens (primary N) is 1. The summed E-state index contributed by atoms with van der Waals surface area (Å²) in [4.78, 5) is 27.7. The highest BCUT2D eigenvalue weighted by Crippen LogP contribution is 2.19. The number of nitrogens with one attached hydrogen (secondary N) is 1. The fraction of sp³-hybridized carbons (Fsp3) is 0.667. The van der Waals surface area contributed by atoms with Crippen LogP contribution in [0.15, 0.2) is 17.5 Å². The minimum atomic E-state index is -0.425. The number of carbonyl (C=O) groups is 2. The first-order valence-corrected chi connectivity index (χ1v) is 9.75. The molecule has 7 heteroatoms. The van der Waals surface area contributed by atoms with Gasteiger partial charge in [0.15, 0.2) is 0 Å². The molecule has 3 N–H and O–H groups in total. The van der Waals surface area contributed by atoms with Crippen LogP contribution in [0.5, 0.6) is 0 Å². The first kappa shape index (κ1) is 21.9. The van der Waals surface area contributed by atoms with Crippen LogP contribution in [0.25, 0.3) is 0 Å². The quantitative estimate of drug-likeness (QED) is 0.754. The van der Waals surface area contributed by atoms with Crippen LogP contribution < -0.4 is 11.1 Å². The van der Waals surface area contributed by atoms with E-state index in [9.17, 15) is 9.59 Å². The molecule has 1 saturated heterocycles. The largest absolute Gasteiger partial charge is 0.355 e. The second-order valence-electron chi connectivity index (χ2n) is 6.63. The molecule has 2 heterocycles. The molecule has 2 atom stereocenters. The van der Waals surface area contributed by atoms with E-state index >= 15 is 0 Å². The van der Waals surface area contributed by atoms with Gasteiger partial charge in [0, 0.05) is 30.4 Å². The fourth-order valence-corrected chi connectivity index (χ4v) is 3.69. The molecule has 1 aromatic rings. The van der Waals surface area contributed by atoms with E-state index in [-0.39, 0.29) is 36.1 Å². The van der Waals surface area contributed by atoms with Gasteiger partial charge >= 0.3 is 0 Å². The third kappa shape index (κ3) is 6.28. The molecule has 2 rings (SSSR count). The molecular formula is C18H30ClN3O2S. The van der Waals surface area contributed by atoms with Crippen molar-refractivity contribution >= 4 is 35.6 Å². The monoisotopic (exact) mass is 387 g/mol. The van der Waals surface area contributed by atoms with Crippen molar-refractivity contribution in [1.29, 1.82) is 0 Å². The Morgan fingerprint density at radius 1 is 1.40 bits per heavy atom. The first-order chi connectivity index (χ1) is 11.5. The molecule has 25 heavy (non-hydrogen) atoms. The Morgan fingerprint density at radius 2 is 2.08 bits per heavy atom. The van der Waals surface area contributed by atoms with Crippen molar-refractivity contribution in [2.75, 3.05) is 19.6 Å². The van der Waals surface area contributed by atoms with E-state index in [0.717, 1.165) is 25.7 Å². The molecule has 0 aromatic carbocycles. The lowest BCUT2D eigenvalue weighted by Crippen LogP contribution is -2.51. The van der Waals surface area contributed by atoms with Gasteiger partial charge in [-0.1, -0.05) is 26.3 Å². The number of piperidine rings is 1. The van der Waals surface area contributed by atoms with Gasteiger partial charge in [-0.2, -0.15) is 0 Å². The van der Waals surface area contributed by atoms with Crippen LogP contribution in [0.3, 0.4) is 0 Å². The van der Waals surface area contributed by atoms with Crippen LogP contribution in [0.2, 0.25) is 0 Å². The summed E-state index contributed by atoms with van der Waals surface area (Å²) in [5.41, 5.74) is 6.04. The molecule has 1 aliphatic heterocycles. The van der Waals surface area contributed by atoms with E-state index in [4.69, 9.17) is 5.73 Å². The summed E-state index contributed by atoms with van der Waals surface area (Å²) in [5.74, 6) is 0.346. The molecule has 0 bridgehead atoms. The fourth-order valence-electron chi connectivity index (χ4n) is 2.98. The number of rotatable bonds is 7. The minimum absolute atomic E-state index is 0. The summed E-state index contributed by atoms with van der Waals surface area (Å²) in [7, 11) is 0. The summed E-state index contributed by atoms with van der Waals surface area (Å²) in [6.07, 6.45) is 3.23. The topological polar surface area (TPSA) is 75.4 Å². The molecule has 142 valence electrons. The Kier molecular flexibility index (Phi) is 9.46. The van der Waals surface area contributed by atoms with Crippen molar-refractivity contribution in [2.45, 2.75) is 45.6 Å². The molecule has 0 saturated carbocycles. The van der Waals surface area contributed by atoms with Crippen LogP contribution in [0.4, 0.5) is 0 Å². The van der Waals surface area contributed by atoms with Gasteiger partial charge in [-0.25, -0.2) is 0 Å². The van der Waals surface area contributed by atoms with Crippen molar-refractivity contribution in [3.8, 4) is 0 Å². The molecule has 0 spiro atoms. The van der Waals surface area contributed by atoms with E-state index in [1.165, 1.54) is 4.88 Å². The first-order valence-electron chi connectivity index (χ1n) is 8.87. The Hall–Kier alpha value is -1.11. The highest BCUT2D eigenvalue weighted by atomic mass is 35.5. The van der Waals surface area contributed by atoms with Gasteiger partial charge < -0.3 is 16.0 Å². The molecule has 2 unspecified atom stereocenters. The Morgan fingerprint density at radius 3 is 2.64 bits per heavy atom. The van der Waals surface area contributed by atoms with Crippen molar-refractivity contribution in [1.82, 2.24) is 10.2 Å². The second kappa shape index (κ2) is 10.8. The van der Waals surface area contributed by atoms with Crippen LogP contribution in [0, 0.1) is 11.8 Å². The van der Waals surface area contributed by atoms with Gasteiger partial charge in [0.2, 0.25) is 11.8 Å². The van der Waals surface area contributed by atoms with Gasteiger partial charge in [-0.15, -0.1) is 23.7 Å². The number of hydrogen-bond acceptors (Lipinski definition) is 4. The molecule has 1 aliphatic rings. The van der Waals surface area contributed by atoms with Gasteiger partial charge in [0.05, 0.1) is 6.04 Å². The minimum Gasteiger partial charge on any atom is -0.355 e. The van der Waals surface area contributed by atoms with Gasteiger partial charge in [0.1, 0.15) is 0 Å². The summed E-state index contributed by atoms with van der Waals surface area (Å²) in [6.45, 7) is 6.00. The molecule has 1 fully saturated rings. The Bertz CT molecular complexity index is 530. The van der Waals surface area contributed by atoms with Crippen LogP contribution >= 0.6 is 23.7 Å². The predicted octanol–water partition coefficient (Wildman–Crippen LogP) is 2.44. The normalized spacial score (nSPS) is 17.5. The van der Waals surface area contributed by atoms with Gasteiger partial charge in [0.25, 0.3) is 0 Å². The Labute approximate surface area is 160 Å². The standard InChI is InChI=1S/C18H29N3O2S.ClH/c1-3-13(2)16(19)18(23)21-10-7-14(8-11-21)17(22)20-9-6-15-5-4-12-24-15;/h4-5,12-14,16H,3,6-11,19H2,1-2H3,(H,20,22);1H. The van der Waals surface area contributed by atoms with Crippen molar-refractivity contribution < 1.29 is 9.59 Å². The molecule has 0 aliphatic carbocycles. The third-order valence-corrected chi connectivity index (χ3v) is 5.91. The van der Waals surface area contributed by atoms with Crippen LogP contribution in [-0.4, -0.2) is 42.4 Å². The number of amides is 2. The van der Waals surface area contributed by atoms with Crippen molar-refractivity contribution in [3.05, 3.63) is 22.4 Å². The zero-order valence-corrected chi connectivity index (χ0v) is 16.7. The average molecular weight is 388 g/mol. The number of halogens is 1. The second-order valence-corrected chi connectivity index (χ2v) is 7.66. The summed E-state index contributed by atoms with van der Waals surface area (Å²) in [6, 6.07) is 3.69. The maximum Gasteiger partial charge on any atom is 0.239 e. The lowest BCUT2D eigenvalue weighted by molar-refractivity contribution is -0.137. The van der Waals surface area contributed by atoms with Gasteiger partial charge in [-0.3, -0.25) is 9.59 Å². The summed E-state index contributed by atoms with van der Waals surface area (Å²) >= 11 is 1.71. The third-order valence-electron chi connectivity index (χ3n) is 4.97. The highest BCUT2D eigenvalue weighted by Gasteiger charge is 2.30. The zero-order chi connectivity index (χ0) is 17.5. The van der Waals surface area contributed by atoms with Crippen LogP contribution in [-0.2, 0) is 16.0 Å².